The van der Waals surface area contributed by atoms with Crippen molar-refractivity contribution in [3.63, 3.8) is 0 Å². The van der Waals surface area contributed by atoms with E-state index in [0.717, 1.165) is 38.0 Å². The summed E-state index contributed by atoms with van der Waals surface area (Å²) in [6.07, 6.45) is 8.87. The monoisotopic (exact) mass is 321 g/mol. The van der Waals surface area contributed by atoms with Crippen LogP contribution in [0.1, 0.15) is 58.3 Å². The van der Waals surface area contributed by atoms with Crippen LogP contribution >= 0.6 is 0 Å². The van der Waals surface area contributed by atoms with Crippen molar-refractivity contribution in [1.29, 1.82) is 0 Å². The summed E-state index contributed by atoms with van der Waals surface area (Å²) in [5, 5.41) is 20.3. The molecule has 0 aromatic rings. The normalized spacial score (nSPS) is 48.7. The van der Waals surface area contributed by atoms with Gasteiger partial charge >= 0.3 is 0 Å². The van der Waals surface area contributed by atoms with Gasteiger partial charge in [0.05, 0.1) is 13.2 Å². The van der Waals surface area contributed by atoms with Crippen LogP contribution in [0.25, 0.3) is 0 Å². The predicted molar refractivity (Wildman–Crippen MR) is 87.6 cm³/mol. The van der Waals surface area contributed by atoms with Crippen molar-refractivity contribution in [2.24, 2.45) is 28.1 Å². The fourth-order valence-corrected chi connectivity index (χ4v) is 6.70. The second-order valence-electron chi connectivity index (χ2n) is 9.24. The fraction of sp³-hybridized carbons (Fsp3) is 0.947. The molecule has 23 heavy (non-hydrogen) atoms. The van der Waals surface area contributed by atoms with Gasteiger partial charge in [-0.25, -0.2) is 0 Å². The zero-order chi connectivity index (χ0) is 16.3. The molecule has 5 atom stereocenters. The third kappa shape index (κ3) is 2.00. The maximum atomic E-state index is 13.4. The summed E-state index contributed by atoms with van der Waals surface area (Å²) in [5.41, 5.74) is -0.739. The van der Waals surface area contributed by atoms with Crippen LogP contribution < -0.4 is 0 Å². The van der Waals surface area contributed by atoms with Gasteiger partial charge in [-0.2, -0.15) is 0 Å². The number of fused-ring (bicyclic) bond motifs is 3. The molecular formula is C19H31NO3. The van der Waals surface area contributed by atoms with E-state index in [1.807, 2.05) is 4.90 Å². The van der Waals surface area contributed by atoms with Crippen LogP contribution in [0.5, 0.6) is 0 Å². The number of nitrogens with zero attached hydrogens (tertiary/aromatic N) is 1. The molecule has 2 bridgehead atoms. The van der Waals surface area contributed by atoms with Crippen LogP contribution in [-0.2, 0) is 4.79 Å². The van der Waals surface area contributed by atoms with Crippen LogP contribution in [0, 0.1) is 28.1 Å². The Bertz CT molecular complexity index is 487. The Morgan fingerprint density at radius 1 is 1.09 bits per heavy atom. The van der Waals surface area contributed by atoms with Gasteiger partial charge in [-0.1, -0.05) is 26.2 Å². The topological polar surface area (TPSA) is 60.8 Å². The number of amides is 1. The first-order valence-corrected chi connectivity index (χ1v) is 9.50. The predicted octanol–water partition coefficient (Wildman–Crippen LogP) is 2.19. The summed E-state index contributed by atoms with van der Waals surface area (Å²) in [6.45, 7) is 3.67. The van der Waals surface area contributed by atoms with E-state index in [1.165, 1.54) is 19.3 Å². The maximum absolute atomic E-state index is 13.4. The summed E-state index contributed by atoms with van der Waals surface area (Å²) in [4.78, 5) is 15.4. The largest absolute Gasteiger partial charge is 0.396 e. The minimum atomic E-state index is -0.274. The van der Waals surface area contributed by atoms with E-state index >= 15 is 0 Å². The lowest BCUT2D eigenvalue weighted by Crippen LogP contribution is -2.48. The van der Waals surface area contributed by atoms with Gasteiger partial charge in [0.1, 0.15) is 0 Å². The average molecular weight is 321 g/mol. The Kier molecular flexibility index (Phi) is 3.59. The van der Waals surface area contributed by atoms with E-state index in [0.29, 0.717) is 24.9 Å². The van der Waals surface area contributed by atoms with Crippen molar-refractivity contribution in [1.82, 2.24) is 4.90 Å². The molecule has 1 heterocycles. The van der Waals surface area contributed by atoms with Crippen molar-refractivity contribution in [2.45, 2.75) is 58.3 Å². The second kappa shape index (κ2) is 5.19. The number of carbonyl (C=O) groups excluding carboxylic acids is 1. The molecule has 4 rings (SSSR count). The van der Waals surface area contributed by atoms with Crippen molar-refractivity contribution >= 4 is 5.91 Å². The lowest BCUT2D eigenvalue weighted by molar-refractivity contribution is -0.143. The summed E-state index contributed by atoms with van der Waals surface area (Å²) >= 11 is 0. The van der Waals surface area contributed by atoms with Crippen molar-refractivity contribution in [3.8, 4) is 0 Å². The number of rotatable bonds is 3. The van der Waals surface area contributed by atoms with Gasteiger partial charge in [0.15, 0.2) is 0 Å². The first-order chi connectivity index (χ1) is 11.0. The standard InChI is InChI=1S/C19H31NO3/c1-17(9-14-4-5-15(17)8-14)16(23)20-10-18(12-21)6-2-3-7-19(18,11-20)13-22/h14-15,21-22H,2-13H2,1H3/t14?,15?,17?,18-,19+. The van der Waals surface area contributed by atoms with Gasteiger partial charge in [0.2, 0.25) is 5.91 Å². The molecule has 0 aromatic heterocycles. The van der Waals surface area contributed by atoms with E-state index < -0.39 is 0 Å². The number of likely N-dealkylation sites (tertiary alicyclic amines) is 1. The lowest BCUT2D eigenvalue weighted by Gasteiger charge is -2.46. The Labute approximate surface area is 139 Å². The molecule has 1 aliphatic heterocycles. The van der Waals surface area contributed by atoms with E-state index in [9.17, 15) is 15.0 Å². The van der Waals surface area contributed by atoms with Crippen LogP contribution in [-0.4, -0.2) is 47.3 Å². The molecule has 4 nitrogen and oxygen atoms in total. The molecule has 130 valence electrons. The Morgan fingerprint density at radius 3 is 2.13 bits per heavy atom. The highest BCUT2D eigenvalue weighted by molar-refractivity contribution is 5.84. The highest BCUT2D eigenvalue weighted by atomic mass is 16.3. The highest BCUT2D eigenvalue weighted by Gasteiger charge is 2.61. The molecule has 0 aromatic carbocycles. The number of hydrogen-bond acceptors (Lipinski definition) is 3. The molecule has 1 saturated heterocycles. The minimum Gasteiger partial charge on any atom is -0.396 e. The minimum absolute atomic E-state index is 0.0973. The summed E-state index contributed by atoms with van der Waals surface area (Å²) in [5.74, 6) is 1.61. The van der Waals surface area contributed by atoms with E-state index in [2.05, 4.69) is 6.92 Å². The third-order valence-corrected chi connectivity index (χ3v) is 8.21. The summed E-state index contributed by atoms with van der Waals surface area (Å²) < 4.78 is 0. The van der Waals surface area contributed by atoms with Gasteiger partial charge in [-0.3, -0.25) is 4.79 Å². The van der Waals surface area contributed by atoms with Gasteiger partial charge in [0.25, 0.3) is 0 Å². The average Bonchev–Trinajstić information content (AvgIpc) is 3.24. The quantitative estimate of drug-likeness (QED) is 0.837. The molecule has 3 saturated carbocycles. The first-order valence-electron chi connectivity index (χ1n) is 9.50. The Hall–Kier alpha value is -0.610. The smallest absolute Gasteiger partial charge is 0.228 e. The number of hydrogen-bond donors (Lipinski definition) is 2. The van der Waals surface area contributed by atoms with Crippen LogP contribution in [0.2, 0.25) is 0 Å². The lowest BCUT2D eigenvalue weighted by atomic mass is 9.58. The van der Waals surface area contributed by atoms with Crippen LogP contribution in [0.4, 0.5) is 0 Å². The maximum Gasteiger partial charge on any atom is 0.228 e. The molecule has 1 amide bonds. The molecule has 2 N–H and O–H groups in total. The van der Waals surface area contributed by atoms with Gasteiger partial charge in [0, 0.05) is 29.3 Å². The van der Waals surface area contributed by atoms with Crippen molar-refractivity contribution in [3.05, 3.63) is 0 Å². The molecule has 4 aliphatic rings. The first kappa shape index (κ1) is 15.9. The Balaban J connectivity index is 1.60. The third-order valence-electron chi connectivity index (χ3n) is 8.21. The second-order valence-corrected chi connectivity index (χ2v) is 9.24. The SMILES string of the molecule is CC1(C(=O)N2C[C@]3(CO)CCCC[C@]3(CO)C2)CC2CCC1C2. The zero-order valence-corrected chi connectivity index (χ0v) is 14.4. The Morgan fingerprint density at radius 2 is 1.70 bits per heavy atom. The molecule has 4 heteroatoms. The molecule has 0 spiro atoms. The molecule has 3 unspecified atom stereocenters. The van der Waals surface area contributed by atoms with Gasteiger partial charge < -0.3 is 15.1 Å². The highest BCUT2D eigenvalue weighted by Crippen LogP contribution is 2.59. The van der Waals surface area contributed by atoms with Crippen molar-refractivity contribution in [2.75, 3.05) is 26.3 Å². The van der Waals surface area contributed by atoms with Crippen molar-refractivity contribution < 1.29 is 15.0 Å². The molecular weight excluding hydrogens is 290 g/mol. The number of carbonyl (C=O) groups is 1. The molecule has 4 fully saturated rings. The molecule has 0 radical (unpaired) electrons. The van der Waals surface area contributed by atoms with E-state index in [4.69, 9.17) is 0 Å². The number of aliphatic hydroxyl groups is 2. The van der Waals surface area contributed by atoms with Gasteiger partial charge in [-0.15, -0.1) is 0 Å². The summed E-state index contributed by atoms with van der Waals surface area (Å²) in [7, 11) is 0. The summed E-state index contributed by atoms with van der Waals surface area (Å²) in [6, 6.07) is 0. The molecule has 3 aliphatic carbocycles. The van der Waals surface area contributed by atoms with Gasteiger partial charge in [-0.05, 0) is 43.9 Å². The fourth-order valence-electron chi connectivity index (χ4n) is 6.70. The van der Waals surface area contributed by atoms with Crippen LogP contribution in [0.3, 0.4) is 0 Å². The number of aliphatic hydroxyl groups excluding tert-OH is 2. The van der Waals surface area contributed by atoms with E-state index in [-0.39, 0.29) is 29.5 Å². The van der Waals surface area contributed by atoms with E-state index in [1.54, 1.807) is 0 Å². The van der Waals surface area contributed by atoms with Crippen LogP contribution in [0.15, 0.2) is 0 Å². The zero-order valence-electron chi connectivity index (χ0n) is 14.4.